The Morgan fingerprint density at radius 2 is 1.95 bits per heavy atom. The number of nitrogens with zero attached hydrogens (tertiary/aromatic N) is 2. The molecule has 0 amide bonds. The van der Waals surface area contributed by atoms with Crippen LogP contribution < -0.4 is 0 Å². The minimum atomic E-state index is -0.417. The van der Waals surface area contributed by atoms with Gasteiger partial charge >= 0.3 is 5.97 Å². The first-order chi connectivity index (χ1) is 9.49. The average molecular weight is 343 g/mol. The van der Waals surface area contributed by atoms with Gasteiger partial charge in [-0.15, -0.1) is 0 Å². The van der Waals surface area contributed by atoms with E-state index in [1.54, 1.807) is 0 Å². The first-order valence-corrected chi connectivity index (χ1v) is 7.01. The molecule has 0 aliphatic carbocycles. The fourth-order valence-electron chi connectivity index (χ4n) is 1.31. The van der Waals surface area contributed by atoms with E-state index in [-0.39, 0.29) is 6.61 Å². The number of likely N-dealkylation sites (N-methyl/N-ethyl adjacent to an activating group) is 1. The van der Waals surface area contributed by atoms with Gasteiger partial charge in [-0.25, -0.2) is 4.79 Å². The van der Waals surface area contributed by atoms with E-state index in [1.165, 1.54) is 0 Å². The van der Waals surface area contributed by atoms with Crippen molar-refractivity contribution in [2.45, 2.75) is 6.92 Å². The maximum absolute atomic E-state index is 11.3. The van der Waals surface area contributed by atoms with Crippen molar-refractivity contribution in [3.63, 3.8) is 0 Å². The zero-order valence-corrected chi connectivity index (χ0v) is 13.5. The lowest BCUT2D eigenvalue weighted by atomic mass is 10.1. The summed E-state index contributed by atoms with van der Waals surface area (Å²) in [6.07, 6.45) is 0. The monoisotopic (exact) mass is 342 g/mol. The van der Waals surface area contributed by atoms with Crippen molar-refractivity contribution < 1.29 is 14.4 Å². The number of ether oxygens (including phenoxy) is 1. The minimum Gasteiger partial charge on any atom is -0.462 e. The van der Waals surface area contributed by atoms with Crippen LogP contribution in [-0.2, 0) is 14.4 Å². The van der Waals surface area contributed by atoms with Crippen LogP contribution in [0, 0.1) is 0 Å². The normalized spacial score (nSPS) is 11.6. The maximum Gasteiger partial charge on any atom is 0.347 e. The van der Waals surface area contributed by atoms with Gasteiger partial charge < -0.3 is 14.5 Å². The first kappa shape index (κ1) is 16.7. The van der Waals surface area contributed by atoms with Crippen molar-refractivity contribution in [3.8, 4) is 0 Å². The Labute approximate surface area is 127 Å². The second-order valence-electron chi connectivity index (χ2n) is 4.48. The highest BCUT2D eigenvalue weighted by molar-refractivity contribution is 9.10. The minimum absolute atomic E-state index is 0.179. The smallest absolute Gasteiger partial charge is 0.347 e. The molecule has 0 bridgehead atoms. The Hall–Kier alpha value is -1.40. The van der Waals surface area contributed by atoms with Crippen molar-refractivity contribution in [1.82, 2.24) is 4.90 Å². The van der Waals surface area contributed by atoms with E-state index >= 15 is 0 Å². The van der Waals surface area contributed by atoms with E-state index in [0.29, 0.717) is 18.9 Å². The zero-order chi connectivity index (χ0) is 15.0. The third-order valence-corrected chi connectivity index (χ3v) is 2.98. The largest absolute Gasteiger partial charge is 0.462 e. The molecule has 0 saturated carbocycles. The van der Waals surface area contributed by atoms with Crippen LogP contribution in [0.15, 0.2) is 33.9 Å². The predicted molar refractivity (Wildman–Crippen MR) is 81.8 cm³/mol. The summed E-state index contributed by atoms with van der Waals surface area (Å²) in [5, 5.41) is 3.90. The fourth-order valence-corrected chi connectivity index (χ4v) is 1.57. The molecule has 0 N–H and O–H groups in total. The molecule has 0 unspecified atom stereocenters. The summed E-state index contributed by atoms with van der Waals surface area (Å²) in [7, 11) is 3.83. The predicted octanol–water partition coefficient (Wildman–Crippen LogP) is 2.29. The third-order valence-electron chi connectivity index (χ3n) is 2.45. The molecule has 1 aromatic rings. The van der Waals surface area contributed by atoms with E-state index in [0.717, 1.165) is 10.0 Å². The van der Waals surface area contributed by atoms with E-state index in [9.17, 15) is 4.79 Å². The van der Waals surface area contributed by atoms with Crippen molar-refractivity contribution in [2.75, 3.05) is 33.9 Å². The Bertz CT molecular complexity index is 458. The Balaban J connectivity index is 2.33. The van der Waals surface area contributed by atoms with Crippen LogP contribution in [0.3, 0.4) is 0 Å². The molecule has 0 radical (unpaired) electrons. The summed E-state index contributed by atoms with van der Waals surface area (Å²) in [6, 6.07) is 7.68. The summed E-state index contributed by atoms with van der Waals surface area (Å²) in [4.78, 5) is 18.3. The number of carbonyl (C=O) groups is 1. The molecular weight excluding hydrogens is 324 g/mol. The van der Waals surface area contributed by atoms with Gasteiger partial charge in [-0.05, 0) is 38.7 Å². The third kappa shape index (κ3) is 6.68. The van der Waals surface area contributed by atoms with Crippen molar-refractivity contribution in [3.05, 3.63) is 34.3 Å². The number of rotatable bonds is 7. The van der Waals surface area contributed by atoms with Crippen molar-refractivity contribution in [1.29, 1.82) is 0 Å². The first-order valence-electron chi connectivity index (χ1n) is 6.22. The number of hydrogen-bond acceptors (Lipinski definition) is 5. The fraction of sp³-hybridized carbons (Fsp3) is 0.429. The number of hydrogen-bond donors (Lipinski definition) is 0. The topological polar surface area (TPSA) is 51.1 Å². The van der Waals surface area contributed by atoms with Gasteiger partial charge in [0.2, 0.25) is 6.61 Å². The van der Waals surface area contributed by atoms with E-state index in [4.69, 9.17) is 9.57 Å². The zero-order valence-electron chi connectivity index (χ0n) is 11.9. The van der Waals surface area contributed by atoms with Gasteiger partial charge in [0.1, 0.15) is 6.61 Å². The lowest BCUT2D eigenvalue weighted by molar-refractivity contribution is -0.149. The van der Waals surface area contributed by atoms with Crippen LogP contribution >= 0.6 is 15.9 Å². The summed E-state index contributed by atoms with van der Waals surface area (Å²) in [5.41, 5.74) is 1.65. The quantitative estimate of drug-likeness (QED) is 0.433. The molecule has 0 aromatic heterocycles. The molecule has 0 aliphatic rings. The van der Waals surface area contributed by atoms with Gasteiger partial charge in [-0.1, -0.05) is 33.2 Å². The number of esters is 1. The van der Waals surface area contributed by atoms with Crippen LogP contribution in [-0.4, -0.2) is 50.4 Å². The molecule has 0 saturated heterocycles. The molecule has 5 nitrogen and oxygen atoms in total. The van der Waals surface area contributed by atoms with Gasteiger partial charge in [-0.2, -0.15) is 0 Å². The van der Waals surface area contributed by atoms with Crippen molar-refractivity contribution >= 4 is 27.6 Å². The van der Waals surface area contributed by atoms with Gasteiger partial charge in [0.05, 0.1) is 5.71 Å². The van der Waals surface area contributed by atoms with Gasteiger partial charge in [0, 0.05) is 11.0 Å². The summed E-state index contributed by atoms with van der Waals surface area (Å²) < 4.78 is 5.97. The summed E-state index contributed by atoms with van der Waals surface area (Å²) >= 11 is 3.36. The van der Waals surface area contributed by atoms with E-state index < -0.39 is 5.97 Å². The second-order valence-corrected chi connectivity index (χ2v) is 5.40. The summed E-state index contributed by atoms with van der Waals surface area (Å²) in [6.45, 7) is 2.68. The number of carbonyl (C=O) groups excluding carboxylic acids is 1. The highest BCUT2D eigenvalue weighted by atomic mass is 79.9. The van der Waals surface area contributed by atoms with Crippen LogP contribution in [0.5, 0.6) is 0 Å². The van der Waals surface area contributed by atoms with E-state index in [2.05, 4.69) is 21.1 Å². The second kappa shape index (κ2) is 8.71. The molecule has 0 atom stereocenters. The van der Waals surface area contributed by atoms with Crippen molar-refractivity contribution in [2.24, 2.45) is 5.16 Å². The lowest BCUT2D eigenvalue weighted by Crippen LogP contribution is -2.21. The Morgan fingerprint density at radius 3 is 2.55 bits per heavy atom. The number of halogens is 1. The van der Waals surface area contributed by atoms with Crippen LogP contribution in [0.25, 0.3) is 0 Å². The molecule has 0 fully saturated rings. The number of benzene rings is 1. The molecule has 1 aromatic carbocycles. The van der Waals surface area contributed by atoms with Crippen LogP contribution in [0.2, 0.25) is 0 Å². The SMILES string of the molecule is C/C(=N\OCC(=O)OCCN(C)C)c1ccc(Br)cc1. The van der Waals surface area contributed by atoms with Gasteiger partial charge in [0.15, 0.2) is 0 Å². The molecule has 0 spiro atoms. The standard InChI is InChI=1S/C14H19BrN2O3/c1-11(12-4-6-13(15)7-5-12)16-20-10-14(18)19-9-8-17(2)3/h4-7H,8-10H2,1-3H3/b16-11+. The van der Waals surface area contributed by atoms with Gasteiger partial charge in [0.25, 0.3) is 0 Å². The molecular formula is C14H19BrN2O3. The molecule has 6 heteroatoms. The average Bonchev–Trinajstić information content (AvgIpc) is 2.39. The molecule has 110 valence electrons. The molecule has 20 heavy (non-hydrogen) atoms. The number of oxime groups is 1. The highest BCUT2D eigenvalue weighted by Gasteiger charge is 2.04. The maximum atomic E-state index is 11.3. The van der Waals surface area contributed by atoms with Crippen LogP contribution in [0.4, 0.5) is 0 Å². The Morgan fingerprint density at radius 1 is 1.30 bits per heavy atom. The molecule has 1 rings (SSSR count). The van der Waals surface area contributed by atoms with E-state index in [1.807, 2.05) is 50.2 Å². The molecule has 0 aliphatic heterocycles. The lowest BCUT2D eigenvalue weighted by Gasteiger charge is -2.09. The Kier molecular flexibility index (Phi) is 7.25. The summed E-state index contributed by atoms with van der Waals surface area (Å²) in [5.74, 6) is -0.417. The molecule has 0 heterocycles. The van der Waals surface area contributed by atoms with Gasteiger partial charge in [-0.3, -0.25) is 0 Å². The van der Waals surface area contributed by atoms with Crippen LogP contribution in [0.1, 0.15) is 12.5 Å². The highest BCUT2D eigenvalue weighted by Crippen LogP contribution is 2.11.